The molecule has 0 aromatic heterocycles. The fourth-order valence-electron chi connectivity index (χ4n) is 2.37. The monoisotopic (exact) mass is 298 g/mol. The number of nitrogens with two attached hydrogens (primary N) is 1. The van der Waals surface area contributed by atoms with Crippen LogP contribution in [0.5, 0.6) is 0 Å². The molecule has 0 bridgehead atoms. The van der Waals surface area contributed by atoms with Crippen LogP contribution in [0.15, 0.2) is 0 Å². The van der Waals surface area contributed by atoms with Crippen molar-refractivity contribution in [1.82, 2.24) is 4.90 Å². The topological polar surface area (TPSA) is 80.5 Å². The van der Waals surface area contributed by atoms with Gasteiger partial charge in [-0.2, -0.15) is 0 Å². The normalized spacial score (nSPS) is 18.2. The van der Waals surface area contributed by atoms with Gasteiger partial charge in [0.2, 0.25) is 5.91 Å². The molecular formula is C11H23ClN2O3S. The van der Waals surface area contributed by atoms with Gasteiger partial charge in [0, 0.05) is 26.4 Å². The van der Waals surface area contributed by atoms with Gasteiger partial charge in [0.25, 0.3) is 0 Å². The Labute approximate surface area is 115 Å². The van der Waals surface area contributed by atoms with Crippen molar-refractivity contribution in [3.63, 3.8) is 0 Å². The highest BCUT2D eigenvalue weighted by Crippen LogP contribution is 2.38. The predicted octanol–water partition coefficient (Wildman–Crippen LogP) is 0.430. The number of carbonyl (C=O) groups is 1. The summed E-state index contributed by atoms with van der Waals surface area (Å²) in [5.74, 6) is 0.0109. The van der Waals surface area contributed by atoms with Crippen LogP contribution >= 0.6 is 12.4 Å². The molecule has 18 heavy (non-hydrogen) atoms. The van der Waals surface area contributed by atoms with Crippen molar-refractivity contribution in [2.45, 2.75) is 25.7 Å². The van der Waals surface area contributed by atoms with Gasteiger partial charge >= 0.3 is 0 Å². The second-order valence-electron chi connectivity index (χ2n) is 5.05. The number of carbonyl (C=O) groups excluding carboxylic acids is 1. The van der Waals surface area contributed by atoms with E-state index in [1.165, 1.54) is 11.2 Å². The Balaban J connectivity index is 0.00000289. The molecule has 1 aliphatic rings. The molecule has 1 fully saturated rings. The maximum Gasteiger partial charge on any atom is 0.229 e. The third-order valence-electron chi connectivity index (χ3n) is 3.55. The fourth-order valence-corrected chi connectivity index (χ4v) is 2.97. The van der Waals surface area contributed by atoms with Crippen LogP contribution in [0.25, 0.3) is 0 Å². The van der Waals surface area contributed by atoms with Gasteiger partial charge in [-0.1, -0.05) is 12.8 Å². The second-order valence-corrected chi connectivity index (χ2v) is 7.31. The van der Waals surface area contributed by atoms with Gasteiger partial charge in [-0.25, -0.2) is 8.42 Å². The van der Waals surface area contributed by atoms with Gasteiger partial charge < -0.3 is 10.6 Å². The van der Waals surface area contributed by atoms with E-state index in [4.69, 9.17) is 5.73 Å². The van der Waals surface area contributed by atoms with E-state index in [0.717, 1.165) is 25.7 Å². The van der Waals surface area contributed by atoms with Crippen molar-refractivity contribution in [3.8, 4) is 0 Å². The molecule has 2 N–H and O–H groups in total. The highest BCUT2D eigenvalue weighted by molar-refractivity contribution is 7.90. The molecule has 108 valence electrons. The molecule has 1 amide bonds. The van der Waals surface area contributed by atoms with Gasteiger partial charge in [-0.15, -0.1) is 12.4 Å². The van der Waals surface area contributed by atoms with Crippen LogP contribution in [0, 0.1) is 5.41 Å². The lowest BCUT2D eigenvalue weighted by molar-refractivity contribution is -0.139. The smallest absolute Gasteiger partial charge is 0.229 e. The number of hydrogen-bond acceptors (Lipinski definition) is 4. The Hall–Kier alpha value is -0.330. The summed E-state index contributed by atoms with van der Waals surface area (Å²) in [7, 11) is -1.37. The molecule has 7 heteroatoms. The molecule has 0 atom stereocenters. The zero-order valence-corrected chi connectivity index (χ0v) is 12.6. The summed E-state index contributed by atoms with van der Waals surface area (Å²) in [6.45, 7) is 0.606. The summed E-state index contributed by atoms with van der Waals surface area (Å²) < 4.78 is 22.1. The van der Waals surface area contributed by atoms with E-state index in [1.807, 2.05) is 0 Å². The molecule has 0 saturated heterocycles. The van der Waals surface area contributed by atoms with E-state index in [0.29, 0.717) is 6.54 Å². The highest BCUT2D eigenvalue weighted by Gasteiger charge is 2.41. The van der Waals surface area contributed by atoms with Gasteiger partial charge in [0.05, 0.1) is 11.2 Å². The summed E-state index contributed by atoms with van der Waals surface area (Å²) in [6.07, 6.45) is 4.89. The predicted molar refractivity (Wildman–Crippen MR) is 74.6 cm³/mol. The van der Waals surface area contributed by atoms with E-state index in [9.17, 15) is 13.2 Å². The zero-order chi connectivity index (χ0) is 13.1. The molecule has 1 aliphatic carbocycles. The first-order chi connectivity index (χ1) is 7.81. The van der Waals surface area contributed by atoms with Crippen molar-refractivity contribution >= 4 is 28.2 Å². The molecular weight excluding hydrogens is 276 g/mol. The molecule has 0 aromatic rings. The largest absolute Gasteiger partial charge is 0.344 e. The number of hydrogen-bond donors (Lipinski definition) is 1. The zero-order valence-electron chi connectivity index (χ0n) is 11.0. The van der Waals surface area contributed by atoms with E-state index >= 15 is 0 Å². The average Bonchev–Trinajstić information content (AvgIpc) is 2.73. The van der Waals surface area contributed by atoms with Crippen LogP contribution in [0.1, 0.15) is 25.7 Å². The number of amides is 1. The van der Waals surface area contributed by atoms with Crippen molar-refractivity contribution in [2.75, 3.05) is 32.1 Å². The first-order valence-corrected chi connectivity index (χ1v) is 8.00. The van der Waals surface area contributed by atoms with Gasteiger partial charge in [0.1, 0.15) is 9.84 Å². The maximum absolute atomic E-state index is 12.3. The van der Waals surface area contributed by atoms with Crippen LogP contribution in [0.3, 0.4) is 0 Å². The van der Waals surface area contributed by atoms with Crippen molar-refractivity contribution in [3.05, 3.63) is 0 Å². The number of sulfone groups is 1. The average molecular weight is 299 g/mol. The first kappa shape index (κ1) is 17.7. The van der Waals surface area contributed by atoms with E-state index in [2.05, 4.69) is 0 Å². The highest BCUT2D eigenvalue weighted by atomic mass is 35.5. The minimum atomic E-state index is -3.03. The summed E-state index contributed by atoms with van der Waals surface area (Å²) in [5.41, 5.74) is 5.29. The molecule has 1 saturated carbocycles. The lowest BCUT2D eigenvalue weighted by atomic mass is 9.85. The van der Waals surface area contributed by atoms with Crippen molar-refractivity contribution in [1.29, 1.82) is 0 Å². The van der Waals surface area contributed by atoms with E-state index < -0.39 is 15.3 Å². The summed E-state index contributed by atoms with van der Waals surface area (Å²) in [6, 6.07) is 0. The van der Waals surface area contributed by atoms with Crippen LogP contribution in [-0.2, 0) is 14.6 Å². The number of nitrogens with zero attached hydrogens (tertiary/aromatic N) is 1. The van der Waals surface area contributed by atoms with Crippen LogP contribution in [0.2, 0.25) is 0 Å². The number of rotatable bonds is 5. The molecule has 0 unspecified atom stereocenters. The molecule has 0 aliphatic heterocycles. The molecule has 1 rings (SSSR count). The third-order valence-corrected chi connectivity index (χ3v) is 4.47. The SMILES string of the molecule is CN(CCS(C)(=O)=O)C(=O)C1(CN)CCCC1.Cl. The lowest BCUT2D eigenvalue weighted by Gasteiger charge is -2.31. The standard InChI is InChI=1S/C11H22N2O3S.ClH/c1-13(7-8-17(2,15)16)10(14)11(9-12)5-3-4-6-11;/h3-9,12H2,1-2H3;1H. The molecule has 0 radical (unpaired) electrons. The summed E-state index contributed by atoms with van der Waals surface area (Å²) in [4.78, 5) is 13.8. The van der Waals surface area contributed by atoms with Crippen molar-refractivity contribution in [2.24, 2.45) is 11.1 Å². The Morgan fingerprint density at radius 2 is 1.83 bits per heavy atom. The Morgan fingerprint density at radius 1 is 1.33 bits per heavy atom. The van der Waals surface area contributed by atoms with Crippen LogP contribution in [0.4, 0.5) is 0 Å². The van der Waals surface area contributed by atoms with Crippen molar-refractivity contribution < 1.29 is 13.2 Å². The summed E-state index contributed by atoms with van der Waals surface area (Å²) >= 11 is 0. The van der Waals surface area contributed by atoms with E-state index in [1.54, 1.807) is 7.05 Å². The fraction of sp³-hybridized carbons (Fsp3) is 0.909. The van der Waals surface area contributed by atoms with Gasteiger partial charge in [-0.05, 0) is 12.8 Å². The Bertz CT molecular complexity index is 378. The Morgan fingerprint density at radius 3 is 2.22 bits per heavy atom. The Kier molecular flexibility index (Phi) is 6.60. The minimum Gasteiger partial charge on any atom is -0.344 e. The second kappa shape index (κ2) is 6.73. The lowest BCUT2D eigenvalue weighted by Crippen LogP contribution is -2.46. The van der Waals surface area contributed by atoms with Gasteiger partial charge in [0.15, 0.2) is 0 Å². The third kappa shape index (κ3) is 4.40. The molecule has 0 aromatic carbocycles. The molecule has 5 nitrogen and oxygen atoms in total. The van der Waals surface area contributed by atoms with Gasteiger partial charge in [-0.3, -0.25) is 4.79 Å². The molecule has 0 spiro atoms. The summed E-state index contributed by atoms with van der Waals surface area (Å²) in [5, 5.41) is 0. The van der Waals surface area contributed by atoms with Crippen LogP contribution in [-0.4, -0.2) is 51.4 Å². The quantitative estimate of drug-likeness (QED) is 0.798. The number of halogens is 1. The molecule has 0 heterocycles. The first-order valence-electron chi connectivity index (χ1n) is 5.94. The maximum atomic E-state index is 12.3. The van der Waals surface area contributed by atoms with E-state index in [-0.39, 0.29) is 30.6 Å². The van der Waals surface area contributed by atoms with Crippen LogP contribution < -0.4 is 5.73 Å². The minimum absolute atomic E-state index is 0.